The summed E-state index contributed by atoms with van der Waals surface area (Å²) in [6, 6.07) is 13.7. The Balaban J connectivity index is 1.70. The molecule has 172 valence electrons. The number of hydrogen-bond donors (Lipinski definition) is 1. The summed E-state index contributed by atoms with van der Waals surface area (Å²) in [4.78, 5) is 27.9. The Labute approximate surface area is 201 Å². The molecule has 6 nitrogen and oxygen atoms in total. The van der Waals surface area contributed by atoms with E-state index in [4.69, 9.17) is 9.15 Å². The fourth-order valence-electron chi connectivity index (χ4n) is 4.04. The van der Waals surface area contributed by atoms with Gasteiger partial charge in [0.2, 0.25) is 5.78 Å². The van der Waals surface area contributed by atoms with Crippen LogP contribution in [-0.4, -0.2) is 34.8 Å². The molecule has 1 aliphatic rings. The van der Waals surface area contributed by atoms with Crippen LogP contribution in [0, 0.1) is 0 Å². The predicted molar refractivity (Wildman–Crippen MR) is 129 cm³/mol. The number of aliphatic hydroxyl groups is 1. The number of unbranched alkanes of at least 4 members (excludes halogenated alkanes) is 1. The van der Waals surface area contributed by atoms with Crippen molar-refractivity contribution in [3.8, 4) is 5.75 Å². The van der Waals surface area contributed by atoms with Crippen molar-refractivity contribution in [1.82, 2.24) is 4.90 Å². The highest BCUT2D eigenvalue weighted by Crippen LogP contribution is 2.40. The van der Waals surface area contributed by atoms with E-state index in [9.17, 15) is 14.7 Å². The minimum absolute atomic E-state index is 0.0335. The minimum Gasteiger partial charge on any atom is -0.503 e. The molecule has 1 aliphatic heterocycles. The molecule has 1 unspecified atom stereocenters. The number of fused-ring (bicyclic) bond motifs is 1. The topological polar surface area (TPSA) is 80.0 Å². The first kappa shape index (κ1) is 23.1. The van der Waals surface area contributed by atoms with Crippen molar-refractivity contribution >= 4 is 38.6 Å². The van der Waals surface area contributed by atoms with Crippen LogP contribution in [0.5, 0.6) is 5.75 Å². The first-order chi connectivity index (χ1) is 15.9. The third-order valence-electron chi connectivity index (χ3n) is 5.68. The van der Waals surface area contributed by atoms with Crippen LogP contribution < -0.4 is 4.74 Å². The van der Waals surface area contributed by atoms with Gasteiger partial charge in [-0.15, -0.1) is 0 Å². The molecule has 4 rings (SSSR count). The van der Waals surface area contributed by atoms with E-state index in [1.807, 2.05) is 43.3 Å². The molecular formula is C26H26BrNO5. The Morgan fingerprint density at radius 3 is 2.58 bits per heavy atom. The quantitative estimate of drug-likeness (QED) is 0.267. The average Bonchev–Trinajstić information content (AvgIpc) is 3.34. The molecular weight excluding hydrogens is 486 g/mol. The first-order valence-corrected chi connectivity index (χ1v) is 11.9. The standard InChI is InChI=1S/C26H26BrNO5/c1-3-5-13-32-19-9-6-16(7-10-19)23-22(25(30)26(31)28(23)12-4-2)24(29)21-15-17-14-18(27)8-11-20(17)33-21/h6-11,14-15,23,30H,3-5,12-13H2,1-2H3. The number of furan rings is 1. The van der Waals surface area contributed by atoms with E-state index in [0.29, 0.717) is 25.2 Å². The van der Waals surface area contributed by atoms with Gasteiger partial charge in [0.25, 0.3) is 5.91 Å². The van der Waals surface area contributed by atoms with Crippen molar-refractivity contribution in [2.75, 3.05) is 13.2 Å². The smallest absolute Gasteiger partial charge is 0.290 e. The van der Waals surface area contributed by atoms with Crippen molar-refractivity contribution in [1.29, 1.82) is 0 Å². The molecule has 1 atom stereocenters. The van der Waals surface area contributed by atoms with Crippen molar-refractivity contribution in [2.45, 2.75) is 39.2 Å². The van der Waals surface area contributed by atoms with Crippen LogP contribution in [0.2, 0.25) is 0 Å². The summed E-state index contributed by atoms with van der Waals surface area (Å²) < 4.78 is 12.4. The summed E-state index contributed by atoms with van der Waals surface area (Å²) in [5, 5.41) is 11.5. The van der Waals surface area contributed by atoms with E-state index < -0.39 is 23.5 Å². The van der Waals surface area contributed by atoms with Gasteiger partial charge in [-0.25, -0.2) is 0 Å². The molecule has 0 fully saturated rings. The number of nitrogens with zero attached hydrogens (tertiary/aromatic N) is 1. The lowest BCUT2D eigenvalue weighted by Gasteiger charge is -2.26. The maximum Gasteiger partial charge on any atom is 0.290 e. The summed E-state index contributed by atoms with van der Waals surface area (Å²) in [7, 11) is 0. The zero-order chi connectivity index (χ0) is 23.5. The number of ether oxygens (including phenoxy) is 1. The van der Waals surface area contributed by atoms with E-state index in [2.05, 4.69) is 22.9 Å². The van der Waals surface area contributed by atoms with E-state index >= 15 is 0 Å². The molecule has 0 spiro atoms. The van der Waals surface area contributed by atoms with Crippen LogP contribution in [-0.2, 0) is 4.79 Å². The molecule has 0 aliphatic carbocycles. The molecule has 0 bridgehead atoms. The number of ketones is 1. The van der Waals surface area contributed by atoms with Crippen LogP contribution in [0.25, 0.3) is 11.0 Å². The van der Waals surface area contributed by atoms with Gasteiger partial charge in [0.1, 0.15) is 11.3 Å². The van der Waals surface area contributed by atoms with Gasteiger partial charge in [-0.3, -0.25) is 9.59 Å². The third kappa shape index (κ3) is 4.55. The lowest BCUT2D eigenvalue weighted by Crippen LogP contribution is -2.31. The van der Waals surface area contributed by atoms with Gasteiger partial charge in [0.15, 0.2) is 11.5 Å². The van der Waals surface area contributed by atoms with Gasteiger partial charge in [0.05, 0.1) is 18.2 Å². The zero-order valence-corrected chi connectivity index (χ0v) is 20.2. The van der Waals surface area contributed by atoms with Gasteiger partial charge in [0, 0.05) is 16.4 Å². The lowest BCUT2D eigenvalue weighted by atomic mass is 9.95. The Morgan fingerprint density at radius 1 is 1.12 bits per heavy atom. The van der Waals surface area contributed by atoms with Crippen LogP contribution in [0.15, 0.2) is 68.8 Å². The van der Waals surface area contributed by atoms with Crippen LogP contribution in [0.1, 0.15) is 55.3 Å². The first-order valence-electron chi connectivity index (χ1n) is 11.1. The highest BCUT2D eigenvalue weighted by molar-refractivity contribution is 9.10. The van der Waals surface area contributed by atoms with Crippen LogP contribution in [0.3, 0.4) is 0 Å². The molecule has 33 heavy (non-hydrogen) atoms. The van der Waals surface area contributed by atoms with Gasteiger partial charge in [-0.05, 0) is 54.8 Å². The fraction of sp³-hybridized carbons (Fsp3) is 0.308. The predicted octanol–water partition coefficient (Wildman–Crippen LogP) is 6.36. The Hall–Kier alpha value is -3.06. The van der Waals surface area contributed by atoms with E-state index in [1.54, 1.807) is 12.1 Å². The second-order valence-corrected chi connectivity index (χ2v) is 8.97. The number of carbonyl (C=O) groups excluding carboxylic acids is 2. The maximum atomic E-state index is 13.5. The SMILES string of the molecule is CCCCOc1ccc(C2C(C(=O)c3cc4cc(Br)ccc4o3)=C(O)C(=O)N2CCC)cc1. The molecule has 7 heteroatoms. The number of aliphatic hydroxyl groups excluding tert-OH is 1. The second kappa shape index (κ2) is 9.83. The van der Waals surface area contributed by atoms with Crippen molar-refractivity contribution in [3.63, 3.8) is 0 Å². The summed E-state index contributed by atoms with van der Waals surface area (Å²) >= 11 is 3.42. The number of amides is 1. The number of Topliss-reactive ketones (excluding diaryl/α,β-unsaturated/α-hetero) is 1. The molecule has 3 aromatic rings. The zero-order valence-electron chi connectivity index (χ0n) is 18.6. The lowest BCUT2D eigenvalue weighted by molar-refractivity contribution is -0.129. The fourth-order valence-corrected chi connectivity index (χ4v) is 4.42. The second-order valence-electron chi connectivity index (χ2n) is 8.06. The molecule has 1 N–H and O–H groups in total. The average molecular weight is 512 g/mol. The van der Waals surface area contributed by atoms with Gasteiger partial charge in [-0.2, -0.15) is 0 Å². The largest absolute Gasteiger partial charge is 0.503 e. The number of benzene rings is 2. The number of halogens is 1. The number of carbonyl (C=O) groups is 2. The molecule has 1 amide bonds. The van der Waals surface area contributed by atoms with Crippen LogP contribution >= 0.6 is 15.9 Å². The van der Waals surface area contributed by atoms with E-state index in [-0.39, 0.29) is 11.3 Å². The number of rotatable bonds is 9. The highest BCUT2D eigenvalue weighted by atomic mass is 79.9. The van der Waals surface area contributed by atoms with Gasteiger partial charge in [-0.1, -0.05) is 48.3 Å². The molecule has 2 heterocycles. The molecule has 1 aromatic heterocycles. The Bertz CT molecular complexity index is 1210. The van der Waals surface area contributed by atoms with Gasteiger partial charge >= 0.3 is 0 Å². The van der Waals surface area contributed by atoms with Crippen molar-refractivity contribution < 1.29 is 23.8 Å². The number of hydrogen-bond acceptors (Lipinski definition) is 5. The van der Waals surface area contributed by atoms with Crippen LogP contribution in [0.4, 0.5) is 0 Å². The van der Waals surface area contributed by atoms with Crippen molar-refractivity contribution in [2.24, 2.45) is 0 Å². The summed E-state index contributed by atoms with van der Waals surface area (Å²) in [6.07, 6.45) is 2.70. The molecule has 0 radical (unpaired) electrons. The van der Waals surface area contributed by atoms with E-state index in [1.165, 1.54) is 4.90 Å². The summed E-state index contributed by atoms with van der Waals surface area (Å²) in [5.74, 6) is -0.765. The monoisotopic (exact) mass is 511 g/mol. The maximum absolute atomic E-state index is 13.5. The van der Waals surface area contributed by atoms with Gasteiger partial charge < -0.3 is 19.2 Å². The third-order valence-corrected chi connectivity index (χ3v) is 6.17. The van der Waals surface area contributed by atoms with E-state index in [0.717, 1.165) is 34.0 Å². The minimum atomic E-state index is -0.699. The summed E-state index contributed by atoms with van der Waals surface area (Å²) in [5.41, 5.74) is 1.32. The molecule has 0 saturated heterocycles. The Kier molecular flexibility index (Phi) is 6.88. The molecule has 2 aromatic carbocycles. The normalized spacial score (nSPS) is 16.2. The molecule has 0 saturated carbocycles. The Morgan fingerprint density at radius 2 is 1.88 bits per heavy atom. The van der Waals surface area contributed by atoms with Crippen molar-refractivity contribution in [3.05, 3.63) is 75.7 Å². The summed E-state index contributed by atoms with van der Waals surface area (Å²) in [6.45, 7) is 5.09. The highest BCUT2D eigenvalue weighted by Gasteiger charge is 2.44.